The van der Waals surface area contributed by atoms with Crippen LogP contribution < -0.4 is 5.32 Å². The quantitative estimate of drug-likeness (QED) is 0.851. The molecule has 0 heterocycles. The number of benzene rings is 1. The molecule has 1 nitrogen and oxygen atoms in total. The van der Waals surface area contributed by atoms with Crippen LogP contribution in [0.3, 0.4) is 0 Å². The minimum atomic E-state index is -0.435. The molecule has 3 heteroatoms. The smallest absolute Gasteiger partial charge is 0.133 e. The van der Waals surface area contributed by atoms with E-state index in [2.05, 4.69) is 5.32 Å². The molecule has 0 amide bonds. The van der Waals surface area contributed by atoms with E-state index in [9.17, 15) is 8.78 Å². The minimum Gasteiger partial charge on any atom is -0.313 e. The van der Waals surface area contributed by atoms with Crippen LogP contribution in [-0.4, -0.2) is 7.05 Å². The van der Waals surface area contributed by atoms with Crippen LogP contribution in [0.1, 0.15) is 49.3 Å². The van der Waals surface area contributed by atoms with Gasteiger partial charge in [0.1, 0.15) is 11.6 Å². The number of aryl methyl sites for hydroxylation is 1. The van der Waals surface area contributed by atoms with E-state index in [0.717, 1.165) is 6.42 Å². The lowest BCUT2D eigenvalue weighted by Crippen LogP contribution is -2.22. The second-order valence-electron chi connectivity index (χ2n) is 5.32. The summed E-state index contributed by atoms with van der Waals surface area (Å²) in [7, 11) is 1.78. The van der Waals surface area contributed by atoms with Crippen molar-refractivity contribution in [3.63, 3.8) is 0 Å². The molecule has 0 aromatic heterocycles. The van der Waals surface area contributed by atoms with Crippen LogP contribution in [0.15, 0.2) is 12.1 Å². The predicted octanol–water partition coefficient (Wildman–Crippen LogP) is 4.11. The zero-order valence-corrected chi connectivity index (χ0v) is 11.1. The Balaban J connectivity index is 2.23. The Morgan fingerprint density at radius 1 is 1.28 bits per heavy atom. The molecule has 1 unspecified atom stereocenters. The molecule has 1 aliphatic rings. The van der Waals surface area contributed by atoms with Gasteiger partial charge in [-0.2, -0.15) is 0 Å². The summed E-state index contributed by atoms with van der Waals surface area (Å²) in [6.45, 7) is 1.68. The number of halogens is 2. The maximum atomic E-state index is 14.1. The largest absolute Gasteiger partial charge is 0.313 e. The van der Waals surface area contributed by atoms with Crippen molar-refractivity contribution in [2.45, 2.75) is 45.1 Å². The normalized spacial score (nSPS) is 18.2. The molecule has 0 bridgehead atoms. The summed E-state index contributed by atoms with van der Waals surface area (Å²) in [6, 6.07) is 2.65. The lowest BCUT2D eigenvalue weighted by molar-refractivity contribution is 0.389. The molecule has 1 saturated carbocycles. The van der Waals surface area contributed by atoms with E-state index < -0.39 is 11.6 Å². The molecular formula is C15H21F2N. The molecule has 1 aromatic carbocycles. The summed E-state index contributed by atoms with van der Waals surface area (Å²) in [4.78, 5) is 0. The van der Waals surface area contributed by atoms with E-state index in [1.165, 1.54) is 37.8 Å². The van der Waals surface area contributed by atoms with Gasteiger partial charge in [-0.25, -0.2) is 8.78 Å². The molecule has 100 valence electrons. The van der Waals surface area contributed by atoms with Crippen molar-refractivity contribution in [3.05, 3.63) is 34.9 Å². The van der Waals surface area contributed by atoms with E-state index in [1.807, 2.05) is 0 Å². The molecule has 1 atom stereocenters. The van der Waals surface area contributed by atoms with Gasteiger partial charge in [0.05, 0.1) is 0 Å². The first-order valence-electron chi connectivity index (χ1n) is 6.75. The van der Waals surface area contributed by atoms with Gasteiger partial charge in [-0.3, -0.25) is 0 Å². The Kier molecular flexibility index (Phi) is 4.33. The summed E-state index contributed by atoms with van der Waals surface area (Å²) < 4.78 is 28.0. The predicted molar refractivity (Wildman–Crippen MR) is 69.5 cm³/mol. The fourth-order valence-corrected chi connectivity index (χ4v) is 2.96. The van der Waals surface area contributed by atoms with Crippen LogP contribution in [0.5, 0.6) is 0 Å². The van der Waals surface area contributed by atoms with Gasteiger partial charge in [-0.15, -0.1) is 0 Å². The maximum Gasteiger partial charge on any atom is 0.133 e. The first-order valence-corrected chi connectivity index (χ1v) is 6.75. The van der Waals surface area contributed by atoms with Crippen LogP contribution in [0, 0.1) is 24.5 Å². The minimum absolute atomic E-state index is 0.212. The summed E-state index contributed by atoms with van der Waals surface area (Å²) in [5.41, 5.74) is 0.725. The van der Waals surface area contributed by atoms with Crippen molar-refractivity contribution in [2.75, 3.05) is 7.05 Å². The van der Waals surface area contributed by atoms with Gasteiger partial charge < -0.3 is 5.32 Å². The van der Waals surface area contributed by atoms with Gasteiger partial charge >= 0.3 is 0 Å². The lowest BCUT2D eigenvalue weighted by atomic mass is 9.92. The van der Waals surface area contributed by atoms with Crippen molar-refractivity contribution in [1.29, 1.82) is 0 Å². The number of hydrogen-bond donors (Lipinski definition) is 1. The Bertz CT molecular complexity index is 411. The van der Waals surface area contributed by atoms with Crippen molar-refractivity contribution >= 4 is 0 Å². The second kappa shape index (κ2) is 5.79. The molecular weight excluding hydrogens is 232 g/mol. The van der Waals surface area contributed by atoms with Crippen LogP contribution in [0.25, 0.3) is 0 Å². The molecule has 2 rings (SSSR count). The van der Waals surface area contributed by atoms with E-state index in [-0.39, 0.29) is 11.6 Å². The monoisotopic (exact) mass is 253 g/mol. The zero-order valence-electron chi connectivity index (χ0n) is 11.1. The summed E-state index contributed by atoms with van der Waals surface area (Å²) in [5.74, 6) is -0.232. The summed E-state index contributed by atoms with van der Waals surface area (Å²) >= 11 is 0. The number of rotatable bonds is 4. The molecule has 0 spiro atoms. The average molecular weight is 253 g/mol. The molecule has 18 heavy (non-hydrogen) atoms. The van der Waals surface area contributed by atoms with E-state index in [1.54, 1.807) is 14.0 Å². The Morgan fingerprint density at radius 3 is 2.56 bits per heavy atom. The van der Waals surface area contributed by atoms with Crippen molar-refractivity contribution in [3.8, 4) is 0 Å². The SMILES string of the molecule is CNC(CC1CCCC1)c1c(F)ccc(C)c1F. The summed E-state index contributed by atoms with van der Waals surface area (Å²) in [5, 5.41) is 3.07. The third-order valence-corrected chi connectivity index (χ3v) is 4.06. The number of nitrogens with one attached hydrogen (secondary N) is 1. The second-order valence-corrected chi connectivity index (χ2v) is 5.32. The third-order valence-electron chi connectivity index (χ3n) is 4.06. The topological polar surface area (TPSA) is 12.0 Å². The Hall–Kier alpha value is -0.960. The van der Waals surface area contributed by atoms with Crippen LogP contribution in [-0.2, 0) is 0 Å². The Morgan fingerprint density at radius 2 is 1.94 bits per heavy atom. The van der Waals surface area contributed by atoms with E-state index in [4.69, 9.17) is 0 Å². The zero-order chi connectivity index (χ0) is 13.1. The first-order chi connectivity index (χ1) is 8.63. The Labute approximate surface area is 108 Å². The first kappa shape index (κ1) is 13.5. The van der Waals surface area contributed by atoms with E-state index in [0.29, 0.717) is 11.5 Å². The highest BCUT2D eigenvalue weighted by molar-refractivity contribution is 5.29. The summed E-state index contributed by atoms with van der Waals surface area (Å²) in [6.07, 6.45) is 5.70. The third kappa shape index (κ3) is 2.72. The fourth-order valence-electron chi connectivity index (χ4n) is 2.96. The highest BCUT2D eigenvalue weighted by Crippen LogP contribution is 2.34. The molecule has 0 radical (unpaired) electrons. The van der Waals surface area contributed by atoms with Crippen molar-refractivity contribution in [1.82, 2.24) is 5.32 Å². The molecule has 1 fully saturated rings. The lowest BCUT2D eigenvalue weighted by Gasteiger charge is -2.22. The molecule has 0 aliphatic heterocycles. The van der Waals surface area contributed by atoms with Gasteiger partial charge in [-0.05, 0) is 37.9 Å². The standard InChI is InChI=1S/C15H21F2N/c1-10-7-8-12(16)14(15(10)17)13(18-2)9-11-5-3-4-6-11/h7-8,11,13,18H,3-6,9H2,1-2H3. The van der Waals surface area contributed by atoms with Crippen LogP contribution in [0.4, 0.5) is 8.78 Å². The van der Waals surface area contributed by atoms with Gasteiger partial charge in [0, 0.05) is 11.6 Å². The van der Waals surface area contributed by atoms with Crippen molar-refractivity contribution in [2.24, 2.45) is 5.92 Å². The average Bonchev–Trinajstić information content (AvgIpc) is 2.86. The van der Waals surface area contributed by atoms with Crippen molar-refractivity contribution < 1.29 is 8.78 Å². The van der Waals surface area contributed by atoms with Gasteiger partial charge in [0.15, 0.2) is 0 Å². The van der Waals surface area contributed by atoms with Gasteiger partial charge in [-0.1, -0.05) is 31.7 Å². The number of hydrogen-bond acceptors (Lipinski definition) is 1. The van der Waals surface area contributed by atoms with Crippen LogP contribution in [0.2, 0.25) is 0 Å². The molecule has 1 N–H and O–H groups in total. The van der Waals surface area contributed by atoms with Gasteiger partial charge in [0.25, 0.3) is 0 Å². The highest BCUT2D eigenvalue weighted by atomic mass is 19.1. The molecule has 0 saturated heterocycles. The maximum absolute atomic E-state index is 14.1. The fraction of sp³-hybridized carbons (Fsp3) is 0.600. The molecule has 1 aliphatic carbocycles. The van der Waals surface area contributed by atoms with Crippen LogP contribution >= 0.6 is 0 Å². The van der Waals surface area contributed by atoms with E-state index >= 15 is 0 Å². The van der Waals surface area contributed by atoms with Gasteiger partial charge in [0.2, 0.25) is 0 Å². The highest BCUT2D eigenvalue weighted by Gasteiger charge is 2.25. The molecule has 1 aromatic rings.